The molecule has 0 aliphatic carbocycles. The van der Waals surface area contributed by atoms with Crippen molar-refractivity contribution in [3.8, 4) is 0 Å². The van der Waals surface area contributed by atoms with Crippen molar-refractivity contribution in [1.82, 2.24) is 10.2 Å². The Balaban J connectivity index is 1.87. The molecule has 0 radical (unpaired) electrons. The summed E-state index contributed by atoms with van der Waals surface area (Å²) in [5.74, 6) is 1.50. The number of rotatable bonds is 6. The van der Waals surface area contributed by atoms with Gasteiger partial charge in [-0.2, -0.15) is 0 Å². The lowest BCUT2D eigenvalue weighted by Gasteiger charge is -2.26. The van der Waals surface area contributed by atoms with Gasteiger partial charge in [-0.3, -0.25) is 4.90 Å². The van der Waals surface area contributed by atoms with E-state index in [2.05, 4.69) is 17.1 Å². The van der Waals surface area contributed by atoms with Crippen molar-refractivity contribution < 1.29 is 12.8 Å². The molecule has 1 saturated heterocycles. The monoisotopic (exact) mass is 286 g/mol. The molecule has 0 amide bonds. The minimum absolute atomic E-state index is 0.272. The third kappa shape index (κ3) is 4.33. The predicted molar refractivity (Wildman–Crippen MR) is 74.6 cm³/mol. The Morgan fingerprint density at radius 3 is 2.79 bits per heavy atom. The summed E-state index contributed by atoms with van der Waals surface area (Å²) in [5, 5.41) is 3.32. The Kier molecular flexibility index (Phi) is 5.01. The standard InChI is InChI=1S/C13H22N2O3S/c1-2-4-14-10-13-12(3-7-18-13)11-15-5-8-19(16,17)9-6-15/h3,7,14H,2,4-6,8-11H2,1H3. The lowest BCUT2D eigenvalue weighted by atomic mass is 10.2. The van der Waals surface area contributed by atoms with Gasteiger partial charge in [-0.25, -0.2) is 8.42 Å². The Labute approximate surface area is 114 Å². The van der Waals surface area contributed by atoms with Gasteiger partial charge in [0.1, 0.15) is 5.76 Å². The number of sulfone groups is 1. The molecule has 1 aromatic rings. The summed E-state index contributed by atoms with van der Waals surface area (Å²) in [5.41, 5.74) is 1.16. The third-order valence-electron chi connectivity index (χ3n) is 3.38. The molecule has 0 atom stereocenters. The minimum atomic E-state index is -2.80. The van der Waals surface area contributed by atoms with Crippen LogP contribution in [-0.4, -0.2) is 44.5 Å². The third-order valence-corrected chi connectivity index (χ3v) is 4.99. The quantitative estimate of drug-likeness (QED) is 0.791. The van der Waals surface area contributed by atoms with Crippen molar-refractivity contribution in [1.29, 1.82) is 0 Å². The molecule has 0 aromatic carbocycles. The van der Waals surface area contributed by atoms with Gasteiger partial charge in [0.05, 0.1) is 24.3 Å². The minimum Gasteiger partial charge on any atom is -0.468 e. The van der Waals surface area contributed by atoms with E-state index >= 15 is 0 Å². The van der Waals surface area contributed by atoms with E-state index < -0.39 is 9.84 Å². The van der Waals surface area contributed by atoms with Crippen LogP contribution in [0.4, 0.5) is 0 Å². The Morgan fingerprint density at radius 2 is 2.11 bits per heavy atom. The van der Waals surface area contributed by atoms with Gasteiger partial charge in [0.2, 0.25) is 0 Å². The number of nitrogens with zero attached hydrogens (tertiary/aromatic N) is 1. The van der Waals surface area contributed by atoms with E-state index in [0.29, 0.717) is 13.1 Å². The summed E-state index contributed by atoms with van der Waals surface area (Å²) in [7, 11) is -2.80. The molecule has 1 aromatic heterocycles. The van der Waals surface area contributed by atoms with E-state index in [0.717, 1.165) is 37.4 Å². The average Bonchev–Trinajstić information content (AvgIpc) is 2.80. The first-order valence-corrected chi connectivity index (χ1v) is 8.61. The molecular formula is C13H22N2O3S. The van der Waals surface area contributed by atoms with E-state index in [9.17, 15) is 8.42 Å². The highest BCUT2D eigenvalue weighted by Gasteiger charge is 2.22. The highest BCUT2D eigenvalue weighted by molar-refractivity contribution is 7.91. The molecule has 1 aliphatic heterocycles. The molecule has 0 spiro atoms. The van der Waals surface area contributed by atoms with Gasteiger partial charge in [-0.15, -0.1) is 0 Å². The second-order valence-electron chi connectivity index (χ2n) is 4.97. The lowest BCUT2D eigenvalue weighted by Crippen LogP contribution is -2.39. The largest absolute Gasteiger partial charge is 0.468 e. The van der Waals surface area contributed by atoms with Gasteiger partial charge in [0.25, 0.3) is 0 Å². The average molecular weight is 286 g/mol. The maximum atomic E-state index is 11.4. The molecule has 1 N–H and O–H groups in total. The van der Waals surface area contributed by atoms with Crippen molar-refractivity contribution in [2.45, 2.75) is 26.4 Å². The number of hydrogen-bond donors (Lipinski definition) is 1. The molecule has 108 valence electrons. The molecule has 19 heavy (non-hydrogen) atoms. The predicted octanol–water partition coefficient (Wildman–Crippen LogP) is 1.01. The number of nitrogens with one attached hydrogen (secondary N) is 1. The van der Waals surface area contributed by atoms with Gasteiger partial charge in [0, 0.05) is 25.2 Å². The van der Waals surface area contributed by atoms with Gasteiger partial charge in [0.15, 0.2) is 9.84 Å². The van der Waals surface area contributed by atoms with Crippen LogP contribution in [-0.2, 0) is 22.9 Å². The van der Waals surface area contributed by atoms with Crippen molar-refractivity contribution in [3.05, 3.63) is 23.7 Å². The summed E-state index contributed by atoms with van der Waals surface area (Å²) in [6, 6.07) is 1.98. The second-order valence-corrected chi connectivity index (χ2v) is 7.28. The van der Waals surface area contributed by atoms with Crippen LogP contribution in [0.25, 0.3) is 0 Å². The first kappa shape index (κ1) is 14.6. The van der Waals surface area contributed by atoms with Crippen LogP contribution in [0, 0.1) is 0 Å². The zero-order valence-corrected chi connectivity index (χ0v) is 12.2. The fraction of sp³-hybridized carbons (Fsp3) is 0.692. The summed E-state index contributed by atoms with van der Waals surface area (Å²) >= 11 is 0. The normalized spacial score (nSPS) is 19.6. The van der Waals surface area contributed by atoms with Gasteiger partial charge < -0.3 is 9.73 Å². The van der Waals surface area contributed by atoms with Crippen LogP contribution in [0.15, 0.2) is 16.7 Å². The van der Waals surface area contributed by atoms with Gasteiger partial charge >= 0.3 is 0 Å². The van der Waals surface area contributed by atoms with Crippen LogP contribution < -0.4 is 5.32 Å². The topological polar surface area (TPSA) is 62.6 Å². The molecule has 0 saturated carbocycles. The van der Waals surface area contributed by atoms with Crippen LogP contribution in [0.2, 0.25) is 0 Å². The van der Waals surface area contributed by atoms with E-state index in [1.807, 2.05) is 6.07 Å². The van der Waals surface area contributed by atoms with Crippen LogP contribution in [0.1, 0.15) is 24.7 Å². The van der Waals surface area contributed by atoms with Crippen LogP contribution in [0.5, 0.6) is 0 Å². The summed E-state index contributed by atoms with van der Waals surface area (Å²) in [6.45, 7) is 5.86. The molecule has 6 heteroatoms. The highest BCUT2D eigenvalue weighted by atomic mass is 32.2. The van der Waals surface area contributed by atoms with E-state index in [1.165, 1.54) is 0 Å². The van der Waals surface area contributed by atoms with Crippen molar-refractivity contribution in [2.24, 2.45) is 0 Å². The smallest absolute Gasteiger partial charge is 0.152 e. The molecule has 2 rings (SSSR count). The molecule has 0 bridgehead atoms. The Bertz CT molecular complexity index is 482. The first-order chi connectivity index (χ1) is 9.11. The zero-order valence-electron chi connectivity index (χ0n) is 11.4. The highest BCUT2D eigenvalue weighted by Crippen LogP contribution is 2.15. The fourth-order valence-corrected chi connectivity index (χ4v) is 3.47. The number of hydrogen-bond acceptors (Lipinski definition) is 5. The summed E-state index contributed by atoms with van der Waals surface area (Å²) < 4.78 is 28.3. The molecule has 1 aliphatic rings. The molecule has 0 unspecified atom stereocenters. The van der Waals surface area contributed by atoms with Gasteiger partial charge in [-0.1, -0.05) is 6.92 Å². The van der Waals surface area contributed by atoms with Crippen LogP contribution >= 0.6 is 0 Å². The maximum absolute atomic E-state index is 11.4. The number of furan rings is 1. The molecule has 5 nitrogen and oxygen atoms in total. The van der Waals surface area contributed by atoms with E-state index in [1.54, 1.807) is 6.26 Å². The van der Waals surface area contributed by atoms with Crippen LogP contribution in [0.3, 0.4) is 0 Å². The molecule has 1 fully saturated rings. The molecular weight excluding hydrogens is 264 g/mol. The summed E-state index contributed by atoms with van der Waals surface area (Å²) in [6.07, 6.45) is 2.80. The Morgan fingerprint density at radius 1 is 1.37 bits per heavy atom. The zero-order chi connectivity index (χ0) is 13.7. The maximum Gasteiger partial charge on any atom is 0.152 e. The van der Waals surface area contributed by atoms with Crippen molar-refractivity contribution in [2.75, 3.05) is 31.1 Å². The summed E-state index contributed by atoms with van der Waals surface area (Å²) in [4.78, 5) is 2.18. The fourth-order valence-electron chi connectivity index (χ4n) is 2.19. The van der Waals surface area contributed by atoms with Crippen molar-refractivity contribution in [3.63, 3.8) is 0 Å². The SMILES string of the molecule is CCCNCc1occc1CN1CCS(=O)(=O)CC1. The first-order valence-electron chi connectivity index (χ1n) is 6.79. The Hall–Kier alpha value is -0.850. The second kappa shape index (κ2) is 6.54. The lowest BCUT2D eigenvalue weighted by molar-refractivity contribution is 0.284. The van der Waals surface area contributed by atoms with Crippen molar-refractivity contribution >= 4 is 9.84 Å². The van der Waals surface area contributed by atoms with E-state index in [-0.39, 0.29) is 11.5 Å². The van der Waals surface area contributed by atoms with Gasteiger partial charge in [-0.05, 0) is 19.0 Å². The molecule has 2 heterocycles. The van der Waals surface area contributed by atoms with E-state index in [4.69, 9.17) is 4.42 Å².